The van der Waals surface area contributed by atoms with Crippen molar-refractivity contribution in [2.45, 2.75) is 232 Å². The lowest BCUT2D eigenvalue weighted by Crippen LogP contribution is -2.40. The van der Waals surface area contributed by atoms with Crippen LogP contribution in [0.15, 0.2) is 0 Å². The first-order valence-electron chi connectivity index (χ1n) is 23.2. The predicted octanol–water partition coefficient (Wildman–Crippen LogP) is 10.8. The molecular weight excluding hydrogens is 709 g/mol. The second-order valence-electron chi connectivity index (χ2n) is 16.2. The normalized spacial score (nSPS) is 13.0. The maximum atomic E-state index is 12.5. The third kappa shape index (κ3) is 36.2. The van der Waals surface area contributed by atoms with E-state index in [-0.39, 0.29) is 55.3 Å². The van der Waals surface area contributed by atoms with Crippen molar-refractivity contribution in [3.8, 4) is 0 Å². The molecular formula is C46H88N2O8. The van der Waals surface area contributed by atoms with Gasteiger partial charge < -0.3 is 29.2 Å². The van der Waals surface area contributed by atoms with Crippen LogP contribution in [0.4, 0.5) is 0 Å². The minimum atomic E-state index is -0.275. The van der Waals surface area contributed by atoms with E-state index in [9.17, 15) is 19.2 Å². The zero-order chi connectivity index (χ0) is 41.5. The number of hydrogen-bond acceptors (Lipinski definition) is 10. The standard InChI is InChI=1S/C46H88N2O8/c1-7-11-13-15-17-23-30-41(9-3)55-45(51)34-27-21-19-25-32-43(49)53-38-40(47-36-29-37-48(5)6)39-54-44(50)33-26-20-22-28-35-46(52)56-42(10-4)31-24-18-16-14-12-8-2/h40-42,47H,7-39H2,1-6H3. The van der Waals surface area contributed by atoms with Gasteiger partial charge in [-0.3, -0.25) is 19.2 Å². The van der Waals surface area contributed by atoms with Gasteiger partial charge in [0, 0.05) is 25.7 Å². The number of unbranched alkanes of at least 4 members (excludes halogenated alkanes) is 16. The molecule has 330 valence electrons. The summed E-state index contributed by atoms with van der Waals surface area (Å²) in [6.07, 6.45) is 27.3. The van der Waals surface area contributed by atoms with Gasteiger partial charge >= 0.3 is 23.9 Å². The molecule has 2 unspecified atom stereocenters. The number of hydrogen-bond donors (Lipinski definition) is 1. The predicted molar refractivity (Wildman–Crippen MR) is 229 cm³/mol. The second-order valence-corrected chi connectivity index (χ2v) is 16.2. The van der Waals surface area contributed by atoms with Crippen LogP contribution in [0.1, 0.15) is 214 Å². The summed E-state index contributed by atoms with van der Waals surface area (Å²) in [5.74, 6) is -0.744. The average Bonchev–Trinajstić information content (AvgIpc) is 3.18. The van der Waals surface area contributed by atoms with Crippen LogP contribution in [0.25, 0.3) is 0 Å². The Bertz CT molecular complexity index is 880. The number of esters is 4. The number of nitrogens with zero attached hydrogens (tertiary/aromatic N) is 1. The Morgan fingerprint density at radius 1 is 0.464 bits per heavy atom. The maximum absolute atomic E-state index is 12.5. The number of carbonyl (C=O) groups is 4. The molecule has 10 nitrogen and oxygen atoms in total. The Kier molecular flexibility index (Phi) is 38.1. The van der Waals surface area contributed by atoms with Crippen LogP contribution in [-0.2, 0) is 38.1 Å². The molecule has 0 saturated carbocycles. The zero-order valence-corrected chi connectivity index (χ0v) is 37.3. The fourth-order valence-corrected chi connectivity index (χ4v) is 6.67. The monoisotopic (exact) mass is 797 g/mol. The number of rotatable bonds is 41. The first kappa shape index (κ1) is 53.8. The van der Waals surface area contributed by atoms with E-state index in [4.69, 9.17) is 18.9 Å². The van der Waals surface area contributed by atoms with E-state index in [0.717, 1.165) is 96.6 Å². The Balaban J connectivity index is 4.25. The summed E-state index contributed by atoms with van der Waals surface area (Å²) in [6, 6.07) is -0.275. The summed E-state index contributed by atoms with van der Waals surface area (Å²) < 4.78 is 22.6. The van der Waals surface area contributed by atoms with Crippen molar-refractivity contribution in [1.29, 1.82) is 0 Å². The van der Waals surface area contributed by atoms with Crippen molar-refractivity contribution >= 4 is 23.9 Å². The lowest BCUT2D eigenvalue weighted by molar-refractivity contribution is -0.150. The molecule has 2 atom stereocenters. The fraction of sp³-hybridized carbons (Fsp3) is 0.913. The molecule has 0 amide bonds. The van der Waals surface area contributed by atoms with Crippen LogP contribution in [0.3, 0.4) is 0 Å². The molecule has 0 aromatic heterocycles. The van der Waals surface area contributed by atoms with Crippen molar-refractivity contribution in [2.24, 2.45) is 0 Å². The molecule has 0 saturated heterocycles. The lowest BCUT2D eigenvalue weighted by atomic mass is 10.1. The minimum absolute atomic E-state index is 0.0244. The van der Waals surface area contributed by atoms with Crippen molar-refractivity contribution in [3.63, 3.8) is 0 Å². The van der Waals surface area contributed by atoms with Crippen LogP contribution >= 0.6 is 0 Å². The van der Waals surface area contributed by atoms with E-state index in [2.05, 4.69) is 37.9 Å². The van der Waals surface area contributed by atoms with Crippen molar-refractivity contribution in [1.82, 2.24) is 10.2 Å². The molecule has 0 aliphatic carbocycles. The van der Waals surface area contributed by atoms with Crippen LogP contribution in [-0.4, -0.2) is 87.4 Å². The fourth-order valence-electron chi connectivity index (χ4n) is 6.67. The molecule has 0 heterocycles. The van der Waals surface area contributed by atoms with Gasteiger partial charge in [0.15, 0.2) is 0 Å². The largest absolute Gasteiger partial charge is 0.464 e. The lowest BCUT2D eigenvalue weighted by Gasteiger charge is -2.19. The topological polar surface area (TPSA) is 120 Å². The number of nitrogens with one attached hydrogen (secondary N) is 1. The molecule has 10 heteroatoms. The molecule has 0 bridgehead atoms. The van der Waals surface area contributed by atoms with E-state index in [1.165, 1.54) is 64.2 Å². The van der Waals surface area contributed by atoms with Gasteiger partial charge in [-0.15, -0.1) is 0 Å². The first-order chi connectivity index (χ1) is 27.1. The Morgan fingerprint density at radius 2 is 0.821 bits per heavy atom. The molecule has 0 radical (unpaired) electrons. The summed E-state index contributed by atoms with van der Waals surface area (Å²) >= 11 is 0. The average molecular weight is 797 g/mol. The highest BCUT2D eigenvalue weighted by Gasteiger charge is 2.16. The molecule has 0 spiro atoms. The van der Waals surface area contributed by atoms with Gasteiger partial charge in [-0.05, 0) is 97.8 Å². The molecule has 0 rings (SSSR count). The summed E-state index contributed by atoms with van der Waals surface area (Å²) in [5.41, 5.74) is 0. The van der Waals surface area contributed by atoms with Crippen LogP contribution in [0, 0.1) is 0 Å². The van der Waals surface area contributed by atoms with Gasteiger partial charge in [-0.2, -0.15) is 0 Å². The molecule has 1 N–H and O–H groups in total. The molecule has 0 aromatic carbocycles. The van der Waals surface area contributed by atoms with Crippen molar-refractivity contribution < 1.29 is 38.1 Å². The summed E-state index contributed by atoms with van der Waals surface area (Å²) in [7, 11) is 4.05. The minimum Gasteiger partial charge on any atom is -0.464 e. The van der Waals surface area contributed by atoms with Crippen molar-refractivity contribution in [2.75, 3.05) is 40.4 Å². The highest BCUT2D eigenvalue weighted by atomic mass is 16.6. The molecule has 0 aliphatic heterocycles. The highest BCUT2D eigenvalue weighted by molar-refractivity contribution is 5.70. The number of ether oxygens (including phenoxy) is 4. The van der Waals surface area contributed by atoms with E-state index in [0.29, 0.717) is 38.5 Å². The molecule has 0 aliphatic rings. The third-order valence-electron chi connectivity index (χ3n) is 10.4. The molecule has 0 aromatic rings. The van der Waals surface area contributed by atoms with Gasteiger partial charge in [-0.1, -0.05) is 118 Å². The van der Waals surface area contributed by atoms with Crippen LogP contribution in [0.5, 0.6) is 0 Å². The molecule has 0 fully saturated rings. The molecule has 56 heavy (non-hydrogen) atoms. The summed E-state index contributed by atoms with van der Waals surface area (Å²) in [4.78, 5) is 51.8. The van der Waals surface area contributed by atoms with Gasteiger partial charge in [0.1, 0.15) is 25.4 Å². The zero-order valence-electron chi connectivity index (χ0n) is 37.3. The first-order valence-corrected chi connectivity index (χ1v) is 23.2. The Hall–Kier alpha value is -2.20. The van der Waals surface area contributed by atoms with E-state index >= 15 is 0 Å². The Morgan fingerprint density at radius 3 is 1.20 bits per heavy atom. The SMILES string of the molecule is CCCCCCCCC(CC)OC(=O)CCCCCCC(=O)OCC(COC(=O)CCCCCCC(=O)OC(CC)CCCCCCCC)NCCCN(C)C. The van der Waals surface area contributed by atoms with Crippen LogP contribution < -0.4 is 5.32 Å². The van der Waals surface area contributed by atoms with Gasteiger partial charge in [0.25, 0.3) is 0 Å². The third-order valence-corrected chi connectivity index (χ3v) is 10.4. The summed E-state index contributed by atoms with van der Waals surface area (Å²) in [5, 5.41) is 3.38. The quantitative estimate of drug-likeness (QED) is 0.0364. The number of carbonyl (C=O) groups excluding carboxylic acids is 4. The smallest absolute Gasteiger partial charge is 0.306 e. The maximum Gasteiger partial charge on any atom is 0.306 e. The summed E-state index contributed by atoms with van der Waals surface area (Å²) in [6.45, 7) is 10.5. The second kappa shape index (κ2) is 39.6. The van der Waals surface area contributed by atoms with Crippen LogP contribution in [0.2, 0.25) is 0 Å². The highest BCUT2D eigenvalue weighted by Crippen LogP contribution is 2.16. The van der Waals surface area contributed by atoms with E-state index < -0.39 is 0 Å². The van der Waals surface area contributed by atoms with Gasteiger partial charge in [-0.25, -0.2) is 0 Å². The van der Waals surface area contributed by atoms with Gasteiger partial charge in [0.2, 0.25) is 0 Å². The van der Waals surface area contributed by atoms with E-state index in [1.54, 1.807) is 0 Å². The Labute approximate surface area is 344 Å². The van der Waals surface area contributed by atoms with Gasteiger partial charge in [0.05, 0.1) is 6.04 Å². The van der Waals surface area contributed by atoms with Crippen molar-refractivity contribution in [3.05, 3.63) is 0 Å². The van der Waals surface area contributed by atoms with E-state index in [1.807, 2.05) is 14.1 Å².